The van der Waals surface area contributed by atoms with Crippen LogP contribution >= 0.6 is 0 Å². The normalized spacial score (nSPS) is 34.2. The highest BCUT2D eigenvalue weighted by atomic mass is 19.4. The van der Waals surface area contributed by atoms with Crippen LogP contribution in [0.15, 0.2) is 0 Å². The van der Waals surface area contributed by atoms with Crippen molar-refractivity contribution in [3.8, 4) is 0 Å². The van der Waals surface area contributed by atoms with Gasteiger partial charge in [0, 0.05) is 25.8 Å². The molecule has 5 unspecified atom stereocenters. The first-order chi connectivity index (χ1) is 14.8. The quantitative estimate of drug-likeness (QED) is 0.428. The maximum Gasteiger partial charge on any atom is 0.392 e. The standard InChI is InChI=1S/C25H44F3NO2/c1-19-16-22(30)12-14-29(19)13-6-3-7-15-31-18-20-10-11-23(21-8-4-2-5-9-21)24(17-20)25(26,27)28/h19-24,30H,2-18H2,1H3. The third-order valence-electron chi connectivity index (χ3n) is 8.26. The van der Waals surface area contributed by atoms with E-state index in [1.807, 2.05) is 0 Å². The van der Waals surface area contributed by atoms with Gasteiger partial charge in [0.2, 0.25) is 0 Å². The summed E-state index contributed by atoms with van der Waals surface area (Å²) in [5.41, 5.74) is 0. The van der Waals surface area contributed by atoms with E-state index in [4.69, 9.17) is 4.74 Å². The Morgan fingerprint density at radius 1 is 0.935 bits per heavy atom. The molecule has 0 aromatic carbocycles. The van der Waals surface area contributed by atoms with Crippen LogP contribution in [0.4, 0.5) is 13.2 Å². The van der Waals surface area contributed by atoms with E-state index < -0.39 is 12.1 Å². The number of hydrogen-bond donors (Lipinski definition) is 1. The van der Waals surface area contributed by atoms with Crippen LogP contribution in [0.3, 0.4) is 0 Å². The monoisotopic (exact) mass is 447 g/mol. The minimum absolute atomic E-state index is 0.0621. The Balaban J connectivity index is 1.30. The molecule has 31 heavy (non-hydrogen) atoms. The molecule has 2 saturated carbocycles. The molecule has 3 fully saturated rings. The summed E-state index contributed by atoms with van der Waals surface area (Å²) in [4.78, 5) is 2.45. The fourth-order valence-corrected chi connectivity index (χ4v) is 6.41. The molecule has 1 aliphatic heterocycles. The van der Waals surface area contributed by atoms with Gasteiger partial charge in [-0.15, -0.1) is 0 Å². The van der Waals surface area contributed by atoms with Crippen LogP contribution in [0, 0.1) is 23.7 Å². The van der Waals surface area contributed by atoms with Crippen molar-refractivity contribution < 1.29 is 23.0 Å². The number of aliphatic hydroxyl groups excluding tert-OH is 1. The van der Waals surface area contributed by atoms with Crippen LogP contribution in [0.1, 0.15) is 90.4 Å². The highest BCUT2D eigenvalue weighted by Gasteiger charge is 2.49. The second-order valence-corrected chi connectivity index (χ2v) is 10.6. The lowest BCUT2D eigenvalue weighted by Gasteiger charge is -2.42. The van der Waals surface area contributed by atoms with Gasteiger partial charge in [-0.1, -0.05) is 32.1 Å². The second-order valence-electron chi connectivity index (χ2n) is 10.6. The SMILES string of the molecule is CC1CC(O)CCN1CCCCCOCC1CCC(C2CCCCC2)C(C(F)(F)F)C1. The van der Waals surface area contributed by atoms with Crippen molar-refractivity contribution in [3.05, 3.63) is 0 Å². The molecular formula is C25H44F3NO2. The zero-order valence-corrected chi connectivity index (χ0v) is 19.4. The van der Waals surface area contributed by atoms with Crippen LogP contribution in [0.5, 0.6) is 0 Å². The second kappa shape index (κ2) is 12.2. The lowest BCUT2D eigenvalue weighted by molar-refractivity contribution is -0.209. The van der Waals surface area contributed by atoms with Gasteiger partial charge in [0.1, 0.15) is 0 Å². The molecule has 1 heterocycles. The fourth-order valence-electron chi connectivity index (χ4n) is 6.41. The van der Waals surface area contributed by atoms with Gasteiger partial charge in [0.05, 0.1) is 12.0 Å². The van der Waals surface area contributed by atoms with Crippen molar-refractivity contribution in [2.24, 2.45) is 23.7 Å². The molecule has 0 aromatic rings. The van der Waals surface area contributed by atoms with E-state index >= 15 is 0 Å². The van der Waals surface area contributed by atoms with Gasteiger partial charge in [-0.05, 0) is 82.6 Å². The first-order valence-electron chi connectivity index (χ1n) is 12.9. The minimum Gasteiger partial charge on any atom is -0.393 e. The van der Waals surface area contributed by atoms with Crippen molar-refractivity contribution in [1.29, 1.82) is 0 Å². The predicted octanol–water partition coefficient (Wildman–Crippen LogP) is 6.19. The molecule has 2 aliphatic carbocycles. The fraction of sp³-hybridized carbons (Fsp3) is 1.00. The number of unbranched alkanes of at least 4 members (excludes halogenated alkanes) is 2. The molecule has 0 aromatic heterocycles. The predicted molar refractivity (Wildman–Crippen MR) is 118 cm³/mol. The summed E-state index contributed by atoms with van der Waals surface area (Å²) in [5, 5.41) is 9.71. The highest BCUT2D eigenvalue weighted by molar-refractivity contribution is 4.89. The summed E-state index contributed by atoms with van der Waals surface area (Å²) in [6, 6.07) is 0.449. The van der Waals surface area contributed by atoms with Crippen molar-refractivity contribution in [1.82, 2.24) is 4.90 Å². The highest BCUT2D eigenvalue weighted by Crippen LogP contribution is 2.49. The Labute approximate surface area is 187 Å². The molecule has 3 aliphatic rings. The molecule has 0 spiro atoms. The van der Waals surface area contributed by atoms with E-state index in [1.165, 1.54) is 6.42 Å². The molecule has 3 rings (SSSR count). The van der Waals surface area contributed by atoms with E-state index in [1.54, 1.807) is 0 Å². The Bertz CT molecular complexity index is 509. The number of rotatable bonds is 9. The number of alkyl halides is 3. The number of piperidine rings is 1. The summed E-state index contributed by atoms with van der Waals surface area (Å²) in [5.74, 6) is -0.932. The number of hydrogen-bond acceptors (Lipinski definition) is 3. The summed E-state index contributed by atoms with van der Waals surface area (Å²) in [7, 11) is 0. The molecule has 0 radical (unpaired) electrons. The first-order valence-corrected chi connectivity index (χ1v) is 12.9. The van der Waals surface area contributed by atoms with Crippen molar-refractivity contribution in [3.63, 3.8) is 0 Å². The number of ether oxygens (including phenoxy) is 1. The van der Waals surface area contributed by atoms with Crippen LogP contribution in [-0.2, 0) is 4.74 Å². The topological polar surface area (TPSA) is 32.7 Å². The summed E-state index contributed by atoms with van der Waals surface area (Å²) >= 11 is 0. The number of likely N-dealkylation sites (tertiary alicyclic amines) is 1. The third kappa shape index (κ3) is 7.89. The lowest BCUT2D eigenvalue weighted by atomic mass is 9.65. The van der Waals surface area contributed by atoms with Crippen LogP contribution in [0.25, 0.3) is 0 Å². The number of aliphatic hydroxyl groups is 1. The van der Waals surface area contributed by atoms with Crippen LogP contribution in [0.2, 0.25) is 0 Å². The van der Waals surface area contributed by atoms with E-state index in [0.717, 1.165) is 83.7 Å². The molecule has 3 nitrogen and oxygen atoms in total. The molecular weight excluding hydrogens is 403 g/mol. The Hall–Kier alpha value is -0.330. The van der Waals surface area contributed by atoms with Gasteiger partial charge >= 0.3 is 6.18 Å². The van der Waals surface area contributed by atoms with Crippen molar-refractivity contribution in [2.45, 2.75) is 109 Å². The zero-order valence-electron chi connectivity index (χ0n) is 19.4. The van der Waals surface area contributed by atoms with Gasteiger partial charge in [-0.3, -0.25) is 0 Å². The van der Waals surface area contributed by atoms with Crippen LogP contribution in [-0.4, -0.2) is 54.6 Å². The maximum atomic E-state index is 13.8. The average molecular weight is 448 g/mol. The smallest absolute Gasteiger partial charge is 0.392 e. The van der Waals surface area contributed by atoms with Crippen LogP contribution < -0.4 is 0 Å². The summed E-state index contributed by atoms with van der Waals surface area (Å²) in [6.45, 7) is 5.37. The summed E-state index contributed by atoms with van der Waals surface area (Å²) < 4.78 is 47.2. The molecule has 6 heteroatoms. The van der Waals surface area contributed by atoms with Gasteiger partial charge in [-0.25, -0.2) is 0 Å². The van der Waals surface area contributed by atoms with E-state index in [9.17, 15) is 18.3 Å². The minimum atomic E-state index is -4.07. The lowest BCUT2D eigenvalue weighted by Crippen LogP contribution is -2.42. The van der Waals surface area contributed by atoms with E-state index in [2.05, 4.69) is 11.8 Å². The molecule has 182 valence electrons. The Morgan fingerprint density at radius 2 is 1.71 bits per heavy atom. The zero-order chi connectivity index (χ0) is 22.3. The van der Waals surface area contributed by atoms with Gasteiger partial charge in [0.25, 0.3) is 0 Å². The molecule has 1 saturated heterocycles. The Morgan fingerprint density at radius 3 is 2.42 bits per heavy atom. The van der Waals surface area contributed by atoms with Gasteiger partial charge < -0.3 is 14.7 Å². The molecule has 0 bridgehead atoms. The largest absolute Gasteiger partial charge is 0.393 e. The van der Waals surface area contributed by atoms with Gasteiger partial charge in [-0.2, -0.15) is 13.2 Å². The average Bonchev–Trinajstić information content (AvgIpc) is 2.74. The number of nitrogens with zero attached hydrogens (tertiary/aromatic N) is 1. The third-order valence-corrected chi connectivity index (χ3v) is 8.26. The molecule has 0 amide bonds. The molecule has 1 N–H and O–H groups in total. The maximum absolute atomic E-state index is 13.8. The van der Waals surface area contributed by atoms with E-state index in [0.29, 0.717) is 19.3 Å². The number of halogens is 3. The van der Waals surface area contributed by atoms with Crippen molar-refractivity contribution in [2.75, 3.05) is 26.3 Å². The summed E-state index contributed by atoms with van der Waals surface area (Å²) in [6.07, 6.45) is 8.00. The van der Waals surface area contributed by atoms with Crippen molar-refractivity contribution >= 4 is 0 Å². The first kappa shape index (κ1) is 25.3. The van der Waals surface area contributed by atoms with E-state index in [-0.39, 0.29) is 30.3 Å². The molecule has 5 atom stereocenters. The van der Waals surface area contributed by atoms with Gasteiger partial charge in [0.15, 0.2) is 0 Å². The Kier molecular flexibility index (Phi) is 9.97.